The molecule has 0 fully saturated rings. The van der Waals surface area contributed by atoms with Crippen LogP contribution in [0.2, 0.25) is 0 Å². The molecule has 0 bridgehead atoms. The lowest BCUT2D eigenvalue weighted by Gasteiger charge is -2.02. The van der Waals surface area contributed by atoms with Crippen molar-refractivity contribution in [2.24, 2.45) is 0 Å². The Balaban J connectivity index is 2.49. The summed E-state index contributed by atoms with van der Waals surface area (Å²) < 4.78 is 10.4. The quantitative estimate of drug-likeness (QED) is 0.400. The highest BCUT2D eigenvalue weighted by molar-refractivity contribution is 6.01. The van der Waals surface area contributed by atoms with Crippen molar-refractivity contribution in [1.29, 1.82) is 0 Å². The van der Waals surface area contributed by atoms with Crippen LogP contribution >= 0.6 is 0 Å². The van der Waals surface area contributed by atoms with Crippen LogP contribution in [-0.2, 0) is 6.42 Å². The third kappa shape index (κ3) is 1.87. The molecule has 0 amide bonds. The fourth-order valence-corrected chi connectivity index (χ4v) is 2.06. The van der Waals surface area contributed by atoms with Crippen molar-refractivity contribution < 1.29 is 8.83 Å². The maximum atomic E-state index is 11.7. The number of benzene rings is 1. The summed E-state index contributed by atoms with van der Waals surface area (Å²) in [5.74, 6) is 0. The van der Waals surface area contributed by atoms with Gasteiger partial charge in [-0.25, -0.2) is 9.59 Å². The van der Waals surface area contributed by atoms with E-state index >= 15 is 0 Å². The Morgan fingerprint density at radius 2 is 1.89 bits per heavy atom. The van der Waals surface area contributed by atoms with Crippen LogP contribution in [0.1, 0.15) is 5.56 Å². The van der Waals surface area contributed by atoms with Crippen LogP contribution in [0.25, 0.3) is 21.9 Å². The van der Waals surface area contributed by atoms with E-state index in [1.807, 2.05) is 0 Å². The predicted molar refractivity (Wildman–Crippen MR) is 72.4 cm³/mol. The van der Waals surface area contributed by atoms with Gasteiger partial charge in [0.05, 0.1) is 5.39 Å². The summed E-state index contributed by atoms with van der Waals surface area (Å²) in [6.07, 6.45) is 2.03. The third-order valence-electron chi connectivity index (χ3n) is 2.94. The van der Waals surface area contributed by atoms with Gasteiger partial charge in [-0.1, -0.05) is 6.08 Å². The lowest BCUT2D eigenvalue weighted by molar-refractivity contribution is 0.546. The van der Waals surface area contributed by atoms with E-state index in [0.717, 1.165) is 5.39 Å². The first-order valence-corrected chi connectivity index (χ1v) is 5.79. The number of fused-ring (bicyclic) bond motifs is 3. The minimum atomic E-state index is -0.434. The fourth-order valence-electron chi connectivity index (χ4n) is 2.06. The second kappa shape index (κ2) is 4.24. The molecule has 0 aliphatic rings. The molecule has 0 radical (unpaired) electrons. The van der Waals surface area contributed by atoms with Crippen LogP contribution in [0.15, 0.2) is 61.4 Å². The van der Waals surface area contributed by atoms with Gasteiger partial charge in [0.2, 0.25) is 0 Å². The van der Waals surface area contributed by atoms with Crippen molar-refractivity contribution in [3.05, 3.63) is 69.4 Å². The normalized spacial score (nSPS) is 10.9. The summed E-state index contributed by atoms with van der Waals surface area (Å²) in [6, 6.07) is 8.17. The van der Waals surface area contributed by atoms with Gasteiger partial charge in [-0.05, 0) is 30.7 Å². The van der Waals surface area contributed by atoms with Gasteiger partial charge >= 0.3 is 11.3 Å². The first-order valence-electron chi connectivity index (χ1n) is 5.79. The molecule has 0 saturated heterocycles. The molecule has 3 rings (SSSR count). The van der Waals surface area contributed by atoms with E-state index in [2.05, 4.69) is 6.58 Å². The fraction of sp³-hybridized carbons (Fsp3) is 0.0667. The highest BCUT2D eigenvalue weighted by Gasteiger charge is 2.09. The van der Waals surface area contributed by atoms with E-state index < -0.39 is 11.3 Å². The Hall–Kier alpha value is -2.62. The van der Waals surface area contributed by atoms with Crippen LogP contribution in [0.3, 0.4) is 0 Å². The highest BCUT2D eigenvalue weighted by atomic mass is 16.4. The summed E-state index contributed by atoms with van der Waals surface area (Å²) in [5.41, 5.74) is 0.488. The molecule has 0 saturated carbocycles. The maximum Gasteiger partial charge on any atom is 0.339 e. The molecule has 1 aromatic carbocycles. The average Bonchev–Trinajstić information content (AvgIpc) is 2.40. The highest BCUT2D eigenvalue weighted by Crippen LogP contribution is 2.23. The van der Waals surface area contributed by atoms with Gasteiger partial charge in [0, 0.05) is 17.0 Å². The van der Waals surface area contributed by atoms with E-state index in [4.69, 9.17) is 8.83 Å². The minimum Gasteiger partial charge on any atom is -0.422 e. The van der Waals surface area contributed by atoms with E-state index in [1.165, 1.54) is 6.07 Å². The number of rotatable bonds is 2. The van der Waals surface area contributed by atoms with Crippen molar-refractivity contribution in [1.82, 2.24) is 0 Å². The van der Waals surface area contributed by atoms with E-state index in [0.29, 0.717) is 28.5 Å². The number of allylic oxidation sites excluding steroid dienone is 1. The standard InChI is InChI=1S/C15H10O4/c1-2-3-10-8-11-12(18-15(10)17)6-4-9-5-7-13(16)19-14(9)11/h2,4-8H,1,3H2. The molecule has 19 heavy (non-hydrogen) atoms. The first-order chi connectivity index (χ1) is 9.19. The van der Waals surface area contributed by atoms with Crippen molar-refractivity contribution in [2.75, 3.05) is 0 Å². The van der Waals surface area contributed by atoms with Crippen molar-refractivity contribution in [3.63, 3.8) is 0 Å². The Morgan fingerprint density at radius 3 is 2.68 bits per heavy atom. The molecule has 3 aromatic rings. The summed E-state index contributed by atoms with van der Waals surface area (Å²) in [7, 11) is 0. The topological polar surface area (TPSA) is 60.4 Å². The van der Waals surface area contributed by atoms with E-state index in [1.54, 1.807) is 30.3 Å². The summed E-state index contributed by atoms with van der Waals surface area (Å²) in [4.78, 5) is 23.0. The van der Waals surface area contributed by atoms with Gasteiger partial charge in [0.1, 0.15) is 11.2 Å². The van der Waals surface area contributed by atoms with Crippen molar-refractivity contribution in [2.45, 2.75) is 6.42 Å². The van der Waals surface area contributed by atoms with Gasteiger partial charge in [-0.3, -0.25) is 0 Å². The summed E-state index contributed by atoms with van der Waals surface area (Å²) in [5, 5.41) is 1.40. The second-order valence-corrected chi connectivity index (χ2v) is 4.20. The smallest absolute Gasteiger partial charge is 0.339 e. The molecule has 0 N–H and O–H groups in total. The summed E-state index contributed by atoms with van der Waals surface area (Å²) in [6.45, 7) is 3.60. The zero-order chi connectivity index (χ0) is 13.4. The molecular weight excluding hydrogens is 244 g/mol. The van der Waals surface area contributed by atoms with Gasteiger partial charge in [-0.15, -0.1) is 6.58 Å². The van der Waals surface area contributed by atoms with Gasteiger partial charge in [0.15, 0.2) is 0 Å². The van der Waals surface area contributed by atoms with Crippen LogP contribution in [0, 0.1) is 0 Å². The monoisotopic (exact) mass is 254 g/mol. The largest absolute Gasteiger partial charge is 0.422 e. The van der Waals surface area contributed by atoms with Crippen LogP contribution < -0.4 is 11.3 Å². The lowest BCUT2D eigenvalue weighted by atomic mass is 10.1. The van der Waals surface area contributed by atoms with E-state index in [9.17, 15) is 9.59 Å². The Kier molecular flexibility index (Phi) is 2.56. The summed E-state index contributed by atoms with van der Waals surface area (Å²) >= 11 is 0. The van der Waals surface area contributed by atoms with Crippen LogP contribution in [0.5, 0.6) is 0 Å². The SMILES string of the molecule is C=CCc1cc2c(ccc3ccc(=O)oc32)oc1=O. The van der Waals surface area contributed by atoms with Gasteiger partial charge in [0.25, 0.3) is 0 Å². The molecule has 0 aliphatic carbocycles. The molecule has 94 valence electrons. The average molecular weight is 254 g/mol. The maximum absolute atomic E-state index is 11.7. The number of hydrogen-bond donors (Lipinski definition) is 0. The van der Waals surface area contributed by atoms with Crippen molar-refractivity contribution >= 4 is 21.9 Å². The number of hydrogen-bond acceptors (Lipinski definition) is 4. The lowest BCUT2D eigenvalue weighted by Crippen LogP contribution is -2.06. The minimum absolute atomic E-state index is 0.398. The molecule has 0 spiro atoms. The van der Waals surface area contributed by atoms with Gasteiger partial charge < -0.3 is 8.83 Å². The van der Waals surface area contributed by atoms with Crippen LogP contribution in [0.4, 0.5) is 0 Å². The molecule has 4 heteroatoms. The van der Waals surface area contributed by atoms with Crippen LogP contribution in [-0.4, -0.2) is 0 Å². The second-order valence-electron chi connectivity index (χ2n) is 4.20. The third-order valence-corrected chi connectivity index (χ3v) is 2.94. The molecule has 2 aromatic heterocycles. The van der Waals surface area contributed by atoms with Crippen molar-refractivity contribution in [3.8, 4) is 0 Å². The van der Waals surface area contributed by atoms with E-state index in [-0.39, 0.29) is 0 Å². The predicted octanol–water partition coefficient (Wildman–Crippen LogP) is 2.63. The molecule has 2 heterocycles. The molecule has 4 nitrogen and oxygen atoms in total. The zero-order valence-corrected chi connectivity index (χ0v) is 10.0. The van der Waals surface area contributed by atoms with Gasteiger partial charge in [-0.2, -0.15) is 0 Å². The molecule has 0 aliphatic heterocycles. The Labute approximate surface area is 107 Å². The molecular formula is C15H10O4. The first kappa shape index (κ1) is 11.5. The molecule has 0 atom stereocenters. The molecule has 0 unspecified atom stereocenters. The zero-order valence-electron chi connectivity index (χ0n) is 10.0. The Morgan fingerprint density at radius 1 is 1.11 bits per heavy atom. The Bertz CT molecular complexity index is 899.